The van der Waals surface area contributed by atoms with Crippen LogP contribution in [0, 0.1) is 0 Å². The Hall–Kier alpha value is -2.30. The molecule has 0 saturated heterocycles. The first-order valence-electron chi connectivity index (χ1n) is 5.61. The fraction of sp³-hybridized carbons (Fsp3) is 0.231. The third-order valence-corrected chi connectivity index (χ3v) is 2.56. The maximum atomic E-state index is 5.64. The van der Waals surface area contributed by atoms with E-state index in [0.29, 0.717) is 18.3 Å². The highest BCUT2D eigenvalue weighted by Crippen LogP contribution is 2.16. The molecule has 1 heterocycles. The number of nitrogens with two attached hydrogens (primary N) is 1. The van der Waals surface area contributed by atoms with Crippen molar-refractivity contribution in [2.24, 2.45) is 0 Å². The lowest BCUT2D eigenvalue weighted by Crippen LogP contribution is -2.19. The molecule has 5 nitrogen and oxygen atoms in total. The average Bonchev–Trinajstić information content (AvgIpc) is 2.39. The minimum absolute atomic E-state index is 0.470. The monoisotopic (exact) mass is 244 g/mol. The van der Waals surface area contributed by atoms with Crippen LogP contribution in [0.4, 0.5) is 11.8 Å². The third kappa shape index (κ3) is 2.88. The van der Waals surface area contributed by atoms with Gasteiger partial charge in [0.25, 0.3) is 0 Å². The predicted octanol–water partition coefficient (Wildman–Crippen LogP) is 1.70. The normalized spacial score (nSPS) is 10.1. The van der Waals surface area contributed by atoms with Crippen LogP contribution in [0.25, 0.3) is 0 Å². The second-order valence-corrected chi connectivity index (χ2v) is 3.99. The molecule has 0 amide bonds. The van der Waals surface area contributed by atoms with Gasteiger partial charge >= 0.3 is 0 Å². The second-order valence-electron chi connectivity index (χ2n) is 3.99. The summed E-state index contributed by atoms with van der Waals surface area (Å²) in [6.07, 6.45) is 1.65. The fourth-order valence-corrected chi connectivity index (χ4v) is 1.66. The molecule has 0 radical (unpaired) electrons. The molecule has 2 rings (SSSR count). The topological polar surface area (TPSA) is 64.3 Å². The summed E-state index contributed by atoms with van der Waals surface area (Å²) in [4.78, 5) is 10.3. The zero-order valence-electron chi connectivity index (χ0n) is 10.5. The maximum Gasteiger partial charge on any atom is 0.227 e. The molecule has 0 saturated carbocycles. The van der Waals surface area contributed by atoms with Crippen molar-refractivity contribution in [3.05, 3.63) is 42.1 Å². The molecule has 0 aliphatic carbocycles. The van der Waals surface area contributed by atoms with Crippen molar-refractivity contribution in [1.29, 1.82) is 0 Å². The number of methoxy groups -OCH3 is 1. The Morgan fingerprint density at radius 2 is 2.17 bits per heavy atom. The highest BCUT2D eigenvalue weighted by Gasteiger charge is 2.06. The van der Waals surface area contributed by atoms with Gasteiger partial charge in [0.1, 0.15) is 11.6 Å². The van der Waals surface area contributed by atoms with Crippen LogP contribution in [0.3, 0.4) is 0 Å². The minimum atomic E-state index is 0.470. The lowest BCUT2D eigenvalue weighted by atomic mass is 10.2. The van der Waals surface area contributed by atoms with Gasteiger partial charge in [-0.15, -0.1) is 0 Å². The molecule has 2 aromatic rings. The van der Waals surface area contributed by atoms with E-state index in [1.165, 1.54) is 0 Å². The quantitative estimate of drug-likeness (QED) is 0.886. The maximum absolute atomic E-state index is 5.64. The van der Waals surface area contributed by atoms with Crippen molar-refractivity contribution < 1.29 is 4.74 Å². The molecule has 5 heteroatoms. The van der Waals surface area contributed by atoms with Crippen LogP contribution in [0.5, 0.6) is 5.75 Å². The van der Waals surface area contributed by atoms with Crippen LogP contribution < -0.4 is 15.4 Å². The molecular weight excluding hydrogens is 228 g/mol. The van der Waals surface area contributed by atoms with Crippen LogP contribution in [-0.2, 0) is 6.54 Å². The van der Waals surface area contributed by atoms with E-state index in [2.05, 4.69) is 9.97 Å². The van der Waals surface area contributed by atoms with E-state index in [1.54, 1.807) is 19.4 Å². The number of hydrogen-bond acceptors (Lipinski definition) is 5. The first-order valence-corrected chi connectivity index (χ1v) is 5.61. The zero-order valence-corrected chi connectivity index (χ0v) is 10.5. The van der Waals surface area contributed by atoms with Gasteiger partial charge in [0.15, 0.2) is 0 Å². The van der Waals surface area contributed by atoms with E-state index in [0.717, 1.165) is 11.3 Å². The summed E-state index contributed by atoms with van der Waals surface area (Å²) in [5.41, 5.74) is 6.77. The molecule has 0 unspecified atom stereocenters. The van der Waals surface area contributed by atoms with Gasteiger partial charge in [0, 0.05) is 19.8 Å². The molecule has 0 spiro atoms. The Morgan fingerprint density at radius 3 is 2.89 bits per heavy atom. The number of rotatable bonds is 4. The largest absolute Gasteiger partial charge is 0.497 e. The molecule has 0 atom stereocenters. The summed E-state index contributed by atoms with van der Waals surface area (Å²) in [6.45, 7) is 0.695. The van der Waals surface area contributed by atoms with Gasteiger partial charge in [-0.1, -0.05) is 12.1 Å². The second kappa shape index (κ2) is 5.35. The van der Waals surface area contributed by atoms with Gasteiger partial charge in [0.2, 0.25) is 5.95 Å². The molecule has 0 bridgehead atoms. The van der Waals surface area contributed by atoms with Crippen molar-refractivity contribution in [3.8, 4) is 5.75 Å². The molecule has 0 aliphatic heterocycles. The van der Waals surface area contributed by atoms with E-state index >= 15 is 0 Å². The van der Waals surface area contributed by atoms with Gasteiger partial charge in [-0.3, -0.25) is 0 Å². The van der Waals surface area contributed by atoms with Crippen molar-refractivity contribution in [2.75, 3.05) is 24.8 Å². The lowest BCUT2D eigenvalue weighted by Gasteiger charge is -2.17. The molecule has 18 heavy (non-hydrogen) atoms. The summed E-state index contributed by atoms with van der Waals surface area (Å²) >= 11 is 0. The summed E-state index contributed by atoms with van der Waals surface area (Å²) in [7, 11) is 3.58. The SMILES string of the molecule is COc1cccc(CN(C)c2nccc(N)n2)c1. The van der Waals surface area contributed by atoms with Crippen LogP contribution >= 0.6 is 0 Å². The molecule has 94 valence electrons. The summed E-state index contributed by atoms with van der Waals surface area (Å²) in [6, 6.07) is 9.57. The van der Waals surface area contributed by atoms with E-state index in [4.69, 9.17) is 10.5 Å². The Balaban J connectivity index is 2.13. The van der Waals surface area contributed by atoms with E-state index in [9.17, 15) is 0 Å². The minimum Gasteiger partial charge on any atom is -0.497 e. The van der Waals surface area contributed by atoms with Gasteiger partial charge < -0.3 is 15.4 Å². The number of benzene rings is 1. The highest BCUT2D eigenvalue weighted by molar-refractivity contribution is 5.38. The Labute approximate surface area is 106 Å². The Kier molecular flexibility index (Phi) is 3.62. The van der Waals surface area contributed by atoms with E-state index in [1.807, 2.05) is 36.2 Å². The van der Waals surface area contributed by atoms with E-state index in [-0.39, 0.29) is 0 Å². The lowest BCUT2D eigenvalue weighted by molar-refractivity contribution is 0.414. The standard InChI is InChI=1S/C13H16N4O/c1-17(13-15-7-6-12(14)16-13)9-10-4-3-5-11(8-10)18-2/h3-8H,9H2,1-2H3,(H2,14,15,16). The predicted molar refractivity (Wildman–Crippen MR) is 71.5 cm³/mol. The number of hydrogen-bond donors (Lipinski definition) is 1. The number of anilines is 2. The first-order chi connectivity index (χ1) is 8.69. The fourth-order valence-electron chi connectivity index (χ4n) is 1.66. The van der Waals surface area contributed by atoms with Crippen molar-refractivity contribution in [3.63, 3.8) is 0 Å². The van der Waals surface area contributed by atoms with Gasteiger partial charge in [-0.2, -0.15) is 4.98 Å². The molecular formula is C13H16N4O. The third-order valence-electron chi connectivity index (χ3n) is 2.56. The Bertz CT molecular complexity index is 530. The number of ether oxygens (including phenoxy) is 1. The molecule has 1 aromatic carbocycles. The molecule has 0 fully saturated rings. The molecule has 2 N–H and O–H groups in total. The summed E-state index contributed by atoms with van der Waals surface area (Å²) in [5.74, 6) is 1.92. The Morgan fingerprint density at radius 1 is 1.33 bits per heavy atom. The molecule has 0 aliphatic rings. The zero-order chi connectivity index (χ0) is 13.0. The smallest absolute Gasteiger partial charge is 0.227 e. The van der Waals surface area contributed by atoms with Gasteiger partial charge in [-0.05, 0) is 23.8 Å². The van der Waals surface area contributed by atoms with Crippen LogP contribution in [0.15, 0.2) is 36.5 Å². The summed E-state index contributed by atoms with van der Waals surface area (Å²) < 4.78 is 5.19. The van der Waals surface area contributed by atoms with Crippen molar-refractivity contribution >= 4 is 11.8 Å². The summed E-state index contributed by atoms with van der Waals surface area (Å²) in [5, 5.41) is 0. The van der Waals surface area contributed by atoms with Crippen LogP contribution in [0.2, 0.25) is 0 Å². The number of nitrogens with zero attached hydrogens (tertiary/aromatic N) is 3. The average molecular weight is 244 g/mol. The van der Waals surface area contributed by atoms with Crippen molar-refractivity contribution in [1.82, 2.24) is 9.97 Å². The number of aromatic nitrogens is 2. The van der Waals surface area contributed by atoms with Crippen LogP contribution in [0.1, 0.15) is 5.56 Å². The number of nitrogen functional groups attached to an aromatic ring is 1. The van der Waals surface area contributed by atoms with Gasteiger partial charge in [-0.25, -0.2) is 4.98 Å². The van der Waals surface area contributed by atoms with Crippen molar-refractivity contribution in [2.45, 2.75) is 6.54 Å². The van der Waals surface area contributed by atoms with E-state index < -0.39 is 0 Å². The van der Waals surface area contributed by atoms with Gasteiger partial charge in [0.05, 0.1) is 7.11 Å². The highest BCUT2D eigenvalue weighted by atomic mass is 16.5. The first kappa shape index (κ1) is 12.2. The molecule has 1 aromatic heterocycles. The van der Waals surface area contributed by atoms with Crippen LogP contribution in [-0.4, -0.2) is 24.1 Å².